The number of anilines is 1. The van der Waals surface area contributed by atoms with E-state index in [4.69, 9.17) is 5.73 Å². The van der Waals surface area contributed by atoms with Crippen LogP contribution in [0.15, 0.2) is 40.9 Å². The number of rotatable bonds is 2. The Morgan fingerprint density at radius 2 is 2.05 bits per heavy atom. The number of nitrogens with one attached hydrogen (secondary N) is 1. The third-order valence-electron chi connectivity index (χ3n) is 3.70. The molecule has 1 atom stereocenters. The van der Waals surface area contributed by atoms with Gasteiger partial charge in [-0.2, -0.15) is 0 Å². The van der Waals surface area contributed by atoms with Crippen molar-refractivity contribution in [2.45, 2.75) is 18.9 Å². The van der Waals surface area contributed by atoms with Crippen molar-refractivity contribution in [2.75, 3.05) is 5.32 Å². The number of carbonyl (C=O) groups excluding carboxylic acids is 1. The molecule has 3 nitrogen and oxygen atoms in total. The SMILES string of the molecule is NC(c1ccc2c(c1)CCC(=O)N2)c1cccc(F)c1Br. The van der Waals surface area contributed by atoms with Crippen molar-refractivity contribution in [3.63, 3.8) is 0 Å². The summed E-state index contributed by atoms with van der Waals surface area (Å²) in [6.07, 6.45) is 1.18. The Morgan fingerprint density at radius 1 is 1.24 bits per heavy atom. The predicted octanol–water partition coefficient (Wildman–Crippen LogP) is 3.52. The number of hydrogen-bond donors (Lipinski definition) is 2. The molecular weight excluding hydrogens is 335 g/mol. The fraction of sp³-hybridized carbons (Fsp3) is 0.188. The quantitative estimate of drug-likeness (QED) is 0.872. The number of amides is 1. The fourth-order valence-corrected chi connectivity index (χ4v) is 3.05. The Balaban J connectivity index is 1.97. The number of hydrogen-bond acceptors (Lipinski definition) is 2. The van der Waals surface area contributed by atoms with E-state index in [1.165, 1.54) is 6.07 Å². The van der Waals surface area contributed by atoms with Gasteiger partial charge in [0.15, 0.2) is 0 Å². The summed E-state index contributed by atoms with van der Waals surface area (Å²) in [7, 11) is 0. The summed E-state index contributed by atoms with van der Waals surface area (Å²) in [4.78, 5) is 11.4. The zero-order chi connectivity index (χ0) is 15.0. The van der Waals surface area contributed by atoms with Crippen molar-refractivity contribution >= 4 is 27.5 Å². The third kappa shape index (κ3) is 2.71. The van der Waals surface area contributed by atoms with Crippen molar-refractivity contribution in [3.05, 3.63) is 63.4 Å². The van der Waals surface area contributed by atoms with E-state index in [9.17, 15) is 9.18 Å². The number of aryl methyl sites for hydroxylation is 1. The highest BCUT2D eigenvalue weighted by atomic mass is 79.9. The largest absolute Gasteiger partial charge is 0.326 e. The Morgan fingerprint density at radius 3 is 2.86 bits per heavy atom. The first kappa shape index (κ1) is 14.2. The third-order valence-corrected chi connectivity index (χ3v) is 4.54. The molecule has 5 heteroatoms. The minimum atomic E-state index is -0.419. The molecule has 3 N–H and O–H groups in total. The number of fused-ring (bicyclic) bond motifs is 1. The van der Waals surface area contributed by atoms with E-state index >= 15 is 0 Å². The molecule has 1 aliphatic rings. The zero-order valence-corrected chi connectivity index (χ0v) is 12.8. The average Bonchev–Trinajstić information content (AvgIpc) is 2.49. The molecule has 0 spiro atoms. The van der Waals surface area contributed by atoms with Gasteiger partial charge in [0.05, 0.1) is 10.5 Å². The van der Waals surface area contributed by atoms with E-state index in [1.54, 1.807) is 12.1 Å². The zero-order valence-electron chi connectivity index (χ0n) is 11.2. The molecule has 1 unspecified atom stereocenters. The van der Waals surface area contributed by atoms with Crippen LogP contribution in [0.1, 0.15) is 29.2 Å². The molecule has 0 radical (unpaired) electrons. The van der Waals surface area contributed by atoms with E-state index in [-0.39, 0.29) is 11.7 Å². The highest BCUT2D eigenvalue weighted by Gasteiger charge is 2.19. The van der Waals surface area contributed by atoms with E-state index in [1.807, 2.05) is 18.2 Å². The van der Waals surface area contributed by atoms with Gasteiger partial charge in [-0.15, -0.1) is 0 Å². The molecule has 0 aliphatic carbocycles. The van der Waals surface area contributed by atoms with Gasteiger partial charge in [-0.1, -0.05) is 24.3 Å². The van der Waals surface area contributed by atoms with Gasteiger partial charge in [-0.05, 0) is 51.2 Å². The molecule has 0 bridgehead atoms. The van der Waals surface area contributed by atoms with Crippen LogP contribution in [0.5, 0.6) is 0 Å². The Labute approximate surface area is 130 Å². The van der Waals surface area contributed by atoms with Gasteiger partial charge in [0, 0.05) is 12.1 Å². The van der Waals surface area contributed by atoms with Crippen LogP contribution in [0.4, 0.5) is 10.1 Å². The topological polar surface area (TPSA) is 55.1 Å². The molecule has 0 fully saturated rings. The molecule has 0 saturated heterocycles. The summed E-state index contributed by atoms with van der Waals surface area (Å²) >= 11 is 3.25. The van der Waals surface area contributed by atoms with Gasteiger partial charge in [-0.3, -0.25) is 4.79 Å². The molecular formula is C16H14BrFN2O. The van der Waals surface area contributed by atoms with Gasteiger partial charge in [0.2, 0.25) is 5.91 Å². The summed E-state index contributed by atoms with van der Waals surface area (Å²) in [5, 5.41) is 2.84. The fourth-order valence-electron chi connectivity index (χ4n) is 2.54. The molecule has 1 amide bonds. The number of benzene rings is 2. The van der Waals surface area contributed by atoms with Crippen molar-refractivity contribution in [3.8, 4) is 0 Å². The Kier molecular flexibility index (Phi) is 3.78. The van der Waals surface area contributed by atoms with Gasteiger partial charge in [0.1, 0.15) is 5.82 Å². The maximum Gasteiger partial charge on any atom is 0.224 e. The average molecular weight is 349 g/mol. The van der Waals surface area contributed by atoms with Crippen LogP contribution in [0.3, 0.4) is 0 Å². The van der Waals surface area contributed by atoms with E-state index in [2.05, 4.69) is 21.2 Å². The maximum atomic E-state index is 13.6. The highest BCUT2D eigenvalue weighted by molar-refractivity contribution is 9.10. The molecule has 2 aromatic carbocycles. The number of halogens is 2. The highest BCUT2D eigenvalue weighted by Crippen LogP contribution is 2.31. The molecule has 3 rings (SSSR count). The minimum absolute atomic E-state index is 0.0347. The van der Waals surface area contributed by atoms with Crippen LogP contribution in [0.2, 0.25) is 0 Å². The smallest absolute Gasteiger partial charge is 0.224 e. The molecule has 21 heavy (non-hydrogen) atoms. The van der Waals surface area contributed by atoms with Crippen LogP contribution in [-0.2, 0) is 11.2 Å². The van der Waals surface area contributed by atoms with Crippen LogP contribution in [-0.4, -0.2) is 5.91 Å². The van der Waals surface area contributed by atoms with E-state index in [0.29, 0.717) is 22.9 Å². The monoisotopic (exact) mass is 348 g/mol. The van der Waals surface area contributed by atoms with E-state index < -0.39 is 6.04 Å². The van der Waals surface area contributed by atoms with Crippen LogP contribution in [0.25, 0.3) is 0 Å². The van der Waals surface area contributed by atoms with Gasteiger partial charge in [-0.25, -0.2) is 4.39 Å². The second kappa shape index (κ2) is 5.58. The summed E-state index contributed by atoms with van der Waals surface area (Å²) in [5.41, 5.74) is 9.76. The normalized spacial score (nSPS) is 15.3. The Hall–Kier alpha value is -1.72. The predicted molar refractivity (Wildman–Crippen MR) is 83.5 cm³/mol. The lowest BCUT2D eigenvalue weighted by atomic mass is 9.94. The second-order valence-electron chi connectivity index (χ2n) is 5.09. The molecule has 0 saturated carbocycles. The first-order valence-corrected chi connectivity index (χ1v) is 7.47. The summed E-state index contributed by atoms with van der Waals surface area (Å²) < 4.78 is 14.0. The van der Waals surface area contributed by atoms with Gasteiger partial charge < -0.3 is 11.1 Å². The Bertz CT molecular complexity index is 717. The van der Waals surface area contributed by atoms with E-state index in [0.717, 1.165) is 16.8 Å². The lowest BCUT2D eigenvalue weighted by molar-refractivity contribution is -0.116. The molecule has 2 aromatic rings. The van der Waals surface area contributed by atoms with Crippen molar-refractivity contribution in [1.29, 1.82) is 0 Å². The number of nitrogens with two attached hydrogens (primary N) is 1. The van der Waals surface area contributed by atoms with Crippen molar-refractivity contribution < 1.29 is 9.18 Å². The van der Waals surface area contributed by atoms with Crippen molar-refractivity contribution in [2.24, 2.45) is 5.73 Å². The summed E-state index contributed by atoms with van der Waals surface area (Å²) in [6, 6.07) is 10.1. The summed E-state index contributed by atoms with van der Waals surface area (Å²) in [5.74, 6) is -0.291. The molecule has 1 aliphatic heterocycles. The molecule has 0 aromatic heterocycles. The minimum Gasteiger partial charge on any atom is -0.326 e. The van der Waals surface area contributed by atoms with Crippen molar-refractivity contribution in [1.82, 2.24) is 0 Å². The standard InChI is InChI=1S/C16H14BrFN2O/c17-15-11(2-1-3-12(15)18)16(19)10-4-6-13-9(8-10)5-7-14(21)20-13/h1-4,6,8,16H,5,7,19H2,(H,20,21). The van der Waals surface area contributed by atoms with Gasteiger partial charge >= 0.3 is 0 Å². The lowest BCUT2D eigenvalue weighted by Crippen LogP contribution is -2.20. The van der Waals surface area contributed by atoms with Crippen LogP contribution < -0.4 is 11.1 Å². The summed E-state index contributed by atoms with van der Waals surface area (Å²) in [6.45, 7) is 0. The maximum absolute atomic E-state index is 13.6. The molecule has 1 heterocycles. The first-order chi connectivity index (χ1) is 10.1. The lowest BCUT2D eigenvalue weighted by Gasteiger charge is -2.20. The molecule has 108 valence electrons. The number of carbonyl (C=O) groups is 1. The van der Waals surface area contributed by atoms with Gasteiger partial charge in [0.25, 0.3) is 0 Å². The second-order valence-corrected chi connectivity index (χ2v) is 5.88. The first-order valence-electron chi connectivity index (χ1n) is 6.68. The van der Waals surface area contributed by atoms with Crippen LogP contribution >= 0.6 is 15.9 Å². The van der Waals surface area contributed by atoms with Crippen LogP contribution in [0, 0.1) is 5.82 Å².